The fourth-order valence-corrected chi connectivity index (χ4v) is 5.55. The van der Waals surface area contributed by atoms with Crippen molar-refractivity contribution in [2.45, 2.75) is 25.8 Å². The van der Waals surface area contributed by atoms with Crippen LogP contribution in [0.15, 0.2) is 36.1 Å². The van der Waals surface area contributed by atoms with E-state index in [1.165, 1.54) is 5.69 Å². The minimum Gasteiger partial charge on any atom is -0.378 e. The van der Waals surface area contributed by atoms with Gasteiger partial charge in [-0.25, -0.2) is 15.0 Å². The number of benzene rings is 1. The lowest BCUT2D eigenvalue weighted by Crippen LogP contribution is -2.43. The molecule has 2 aliphatic rings. The Morgan fingerprint density at radius 2 is 2.06 bits per heavy atom. The van der Waals surface area contributed by atoms with E-state index in [1.54, 1.807) is 30.8 Å². The average molecular weight is 453 g/mol. The van der Waals surface area contributed by atoms with Crippen molar-refractivity contribution in [3.05, 3.63) is 41.1 Å². The summed E-state index contributed by atoms with van der Waals surface area (Å²) in [6, 6.07) is 6.39. The first-order chi connectivity index (χ1) is 15.7. The summed E-state index contributed by atoms with van der Waals surface area (Å²) in [5, 5.41) is 7.14. The molecule has 0 radical (unpaired) electrons. The molecule has 2 unspecified atom stereocenters. The van der Waals surface area contributed by atoms with Crippen molar-refractivity contribution in [2.75, 3.05) is 49.2 Å². The lowest BCUT2D eigenvalue weighted by molar-refractivity contribution is -0.120. The van der Waals surface area contributed by atoms with Crippen LogP contribution in [0.5, 0.6) is 0 Å². The quantitative estimate of drug-likeness (QED) is 0.637. The molecular weight excluding hydrogens is 424 g/mol. The highest BCUT2D eigenvalue weighted by atomic mass is 32.1. The molecule has 3 aromatic rings. The Labute approximate surface area is 191 Å². The summed E-state index contributed by atoms with van der Waals surface area (Å²) >= 11 is 1.60. The maximum atomic E-state index is 11.9. The van der Waals surface area contributed by atoms with Crippen LogP contribution in [-0.4, -0.2) is 60.3 Å². The van der Waals surface area contributed by atoms with E-state index in [2.05, 4.69) is 48.3 Å². The van der Waals surface area contributed by atoms with E-state index in [0.717, 1.165) is 74.0 Å². The van der Waals surface area contributed by atoms with Crippen molar-refractivity contribution in [3.8, 4) is 0 Å². The fraction of sp³-hybridized carbons (Fsp3) is 0.478. The molecule has 2 atom stereocenters. The van der Waals surface area contributed by atoms with Gasteiger partial charge in [0.1, 0.15) is 17.2 Å². The van der Waals surface area contributed by atoms with E-state index in [-0.39, 0.29) is 17.9 Å². The first kappa shape index (κ1) is 21.1. The second kappa shape index (κ2) is 9.38. The van der Waals surface area contributed by atoms with Crippen LogP contribution in [0.25, 0.3) is 10.9 Å². The number of rotatable bonds is 5. The van der Waals surface area contributed by atoms with Crippen LogP contribution in [0.2, 0.25) is 0 Å². The molecule has 5 rings (SSSR count). The fourth-order valence-electron chi connectivity index (χ4n) is 4.76. The Kier molecular flexibility index (Phi) is 6.18. The van der Waals surface area contributed by atoms with Crippen LogP contribution in [0.4, 0.5) is 11.5 Å². The molecule has 2 aromatic heterocycles. The second-order valence-corrected chi connectivity index (χ2v) is 9.32. The van der Waals surface area contributed by atoms with Gasteiger partial charge in [-0.05, 0) is 31.0 Å². The first-order valence-electron chi connectivity index (χ1n) is 11.2. The molecule has 168 valence electrons. The van der Waals surface area contributed by atoms with Gasteiger partial charge < -0.3 is 19.9 Å². The molecule has 0 bridgehead atoms. The molecule has 32 heavy (non-hydrogen) atoms. The van der Waals surface area contributed by atoms with E-state index >= 15 is 0 Å². The molecule has 9 heteroatoms. The second-order valence-electron chi connectivity index (χ2n) is 8.40. The van der Waals surface area contributed by atoms with Crippen LogP contribution in [0.3, 0.4) is 0 Å². The maximum Gasteiger partial charge on any atom is 0.217 e. The number of morpholine rings is 1. The number of carbonyl (C=O) groups is 1. The number of hydrogen-bond acceptors (Lipinski definition) is 8. The molecule has 2 aliphatic heterocycles. The van der Waals surface area contributed by atoms with Gasteiger partial charge >= 0.3 is 0 Å². The highest BCUT2D eigenvalue weighted by molar-refractivity contribution is 7.09. The molecular formula is C23H28N6O2S. The minimum atomic E-state index is -0.0728. The van der Waals surface area contributed by atoms with Gasteiger partial charge in [0.05, 0.1) is 24.8 Å². The molecule has 4 heterocycles. The number of thiazole rings is 1. The van der Waals surface area contributed by atoms with E-state index in [9.17, 15) is 4.79 Å². The SMILES string of the molecule is CC(=O)NC(c1nccs1)C1CCCN(c2ncnc3cc(N4CCOCC4)ccc23)C1. The Hall–Kier alpha value is -2.78. The highest BCUT2D eigenvalue weighted by Gasteiger charge is 2.31. The lowest BCUT2D eigenvalue weighted by Gasteiger charge is -2.37. The van der Waals surface area contributed by atoms with Crippen molar-refractivity contribution in [2.24, 2.45) is 5.92 Å². The zero-order valence-electron chi connectivity index (χ0n) is 18.2. The summed E-state index contributed by atoms with van der Waals surface area (Å²) in [6.45, 7) is 6.66. The number of nitrogens with one attached hydrogen (secondary N) is 1. The van der Waals surface area contributed by atoms with Gasteiger partial charge in [-0.15, -0.1) is 11.3 Å². The number of piperidine rings is 1. The Morgan fingerprint density at radius 1 is 1.19 bits per heavy atom. The summed E-state index contributed by atoms with van der Waals surface area (Å²) in [5.41, 5.74) is 2.14. The number of aromatic nitrogens is 3. The van der Waals surface area contributed by atoms with Crippen LogP contribution >= 0.6 is 11.3 Å². The summed E-state index contributed by atoms with van der Waals surface area (Å²) < 4.78 is 5.48. The molecule has 2 fully saturated rings. The van der Waals surface area contributed by atoms with E-state index in [4.69, 9.17) is 4.74 Å². The number of amides is 1. The summed E-state index contributed by atoms with van der Waals surface area (Å²) in [5.74, 6) is 1.22. The average Bonchev–Trinajstić information content (AvgIpc) is 3.37. The molecule has 1 amide bonds. The Bertz CT molecular complexity index is 1070. The molecule has 1 N–H and O–H groups in total. The van der Waals surface area contributed by atoms with Gasteiger partial charge in [-0.1, -0.05) is 0 Å². The van der Waals surface area contributed by atoms with Gasteiger partial charge in [-0.2, -0.15) is 0 Å². The third-order valence-corrected chi connectivity index (χ3v) is 7.14. The lowest BCUT2D eigenvalue weighted by atomic mass is 9.90. The Morgan fingerprint density at radius 3 is 2.84 bits per heavy atom. The van der Waals surface area contributed by atoms with E-state index in [1.807, 2.05) is 5.38 Å². The highest BCUT2D eigenvalue weighted by Crippen LogP contribution is 2.35. The van der Waals surface area contributed by atoms with Crippen molar-refractivity contribution >= 4 is 39.7 Å². The third kappa shape index (κ3) is 4.40. The van der Waals surface area contributed by atoms with Crippen LogP contribution < -0.4 is 15.1 Å². The van der Waals surface area contributed by atoms with E-state index < -0.39 is 0 Å². The monoisotopic (exact) mass is 452 g/mol. The molecule has 0 saturated carbocycles. The Balaban J connectivity index is 1.41. The predicted octanol–water partition coefficient (Wildman–Crippen LogP) is 3.02. The van der Waals surface area contributed by atoms with Gasteiger partial charge in [0.2, 0.25) is 5.91 Å². The van der Waals surface area contributed by atoms with Crippen LogP contribution in [0, 0.1) is 5.92 Å². The smallest absolute Gasteiger partial charge is 0.217 e. The summed E-state index contributed by atoms with van der Waals surface area (Å²) in [4.78, 5) is 30.3. The molecule has 8 nitrogen and oxygen atoms in total. The number of hydrogen-bond donors (Lipinski definition) is 1. The number of anilines is 2. The maximum absolute atomic E-state index is 11.9. The van der Waals surface area contributed by atoms with Crippen molar-refractivity contribution in [1.29, 1.82) is 0 Å². The zero-order valence-corrected chi connectivity index (χ0v) is 19.1. The van der Waals surface area contributed by atoms with Gasteiger partial charge in [0.25, 0.3) is 0 Å². The van der Waals surface area contributed by atoms with Crippen molar-refractivity contribution in [1.82, 2.24) is 20.3 Å². The number of nitrogens with zero attached hydrogens (tertiary/aromatic N) is 5. The first-order valence-corrected chi connectivity index (χ1v) is 12.1. The molecule has 1 aromatic carbocycles. The van der Waals surface area contributed by atoms with Crippen LogP contribution in [-0.2, 0) is 9.53 Å². The van der Waals surface area contributed by atoms with Crippen LogP contribution in [0.1, 0.15) is 30.8 Å². The van der Waals surface area contributed by atoms with Crippen molar-refractivity contribution < 1.29 is 9.53 Å². The standard InChI is InChI=1S/C23H28N6O2S/c1-16(30)27-21(23-24-6-12-32-23)17-3-2-7-29(14-17)22-19-5-4-18(13-20(19)25-15-26-22)28-8-10-31-11-9-28/h4-6,12-13,15,17,21H,2-3,7-11,14H2,1H3,(H,27,30). The van der Waals surface area contributed by atoms with Crippen molar-refractivity contribution in [3.63, 3.8) is 0 Å². The molecule has 2 saturated heterocycles. The van der Waals surface area contributed by atoms with E-state index in [0.29, 0.717) is 0 Å². The number of fused-ring (bicyclic) bond motifs is 1. The molecule has 0 aliphatic carbocycles. The predicted molar refractivity (Wildman–Crippen MR) is 126 cm³/mol. The summed E-state index contributed by atoms with van der Waals surface area (Å²) in [7, 11) is 0. The van der Waals surface area contributed by atoms with Gasteiger partial charge in [0.15, 0.2) is 0 Å². The number of carbonyl (C=O) groups excluding carboxylic acids is 1. The zero-order chi connectivity index (χ0) is 21.9. The van der Waals surface area contributed by atoms with Gasteiger partial charge in [0, 0.05) is 61.7 Å². The molecule has 0 spiro atoms. The summed E-state index contributed by atoms with van der Waals surface area (Å²) in [6.07, 6.45) is 5.56. The minimum absolute atomic E-state index is 0.0227. The third-order valence-electron chi connectivity index (χ3n) is 6.28. The topological polar surface area (TPSA) is 83.5 Å². The van der Waals surface area contributed by atoms with Gasteiger partial charge in [-0.3, -0.25) is 4.79 Å². The largest absolute Gasteiger partial charge is 0.378 e. The number of ether oxygens (including phenoxy) is 1. The normalized spacial score (nSPS) is 20.3.